The maximum absolute atomic E-state index is 13.7. The summed E-state index contributed by atoms with van der Waals surface area (Å²) in [5, 5.41) is 8.38. The van der Waals surface area contributed by atoms with E-state index >= 15 is 0 Å². The number of benzene rings is 1. The van der Waals surface area contributed by atoms with Crippen molar-refractivity contribution in [2.45, 2.75) is 26.3 Å². The predicted molar refractivity (Wildman–Crippen MR) is 108 cm³/mol. The zero-order chi connectivity index (χ0) is 19.1. The summed E-state index contributed by atoms with van der Waals surface area (Å²) >= 11 is 1.76. The predicted octanol–water partition coefficient (Wildman–Crippen LogP) is 2.57. The SMILES string of the molecule is CCNC(=NCC(=O)N1CCc2sccc2C1)NCCc1ccccc1F. The van der Waals surface area contributed by atoms with Crippen LogP contribution < -0.4 is 10.6 Å². The Balaban J connectivity index is 1.51. The van der Waals surface area contributed by atoms with Crippen LogP contribution in [0.3, 0.4) is 0 Å². The van der Waals surface area contributed by atoms with Crippen LogP contribution in [0.25, 0.3) is 0 Å². The highest BCUT2D eigenvalue weighted by atomic mass is 32.1. The summed E-state index contributed by atoms with van der Waals surface area (Å²) in [7, 11) is 0. The van der Waals surface area contributed by atoms with Crippen molar-refractivity contribution in [3.8, 4) is 0 Å². The van der Waals surface area contributed by atoms with E-state index in [1.54, 1.807) is 23.5 Å². The van der Waals surface area contributed by atoms with Gasteiger partial charge in [-0.05, 0) is 48.4 Å². The molecule has 2 N–H and O–H groups in total. The molecule has 0 radical (unpaired) electrons. The van der Waals surface area contributed by atoms with Crippen molar-refractivity contribution in [3.05, 3.63) is 57.5 Å². The molecule has 1 amide bonds. The van der Waals surface area contributed by atoms with Gasteiger partial charge in [-0.2, -0.15) is 0 Å². The van der Waals surface area contributed by atoms with Gasteiger partial charge >= 0.3 is 0 Å². The molecule has 0 saturated carbocycles. The van der Waals surface area contributed by atoms with Crippen molar-refractivity contribution >= 4 is 23.2 Å². The van der Waals surface area contributed by atoms with Gasteiger partial charge in [-0.15, -0.1) is 11.3 Å². The smallest absolute Gasteiger partial charge is 0.244 e. The molecule has 0 fully saturated rings. The van der Waals surface area contributed by atoms with Crippen molar-refractivity contribution in [2.24, 2.45) is 4.99 Å². The second kappa shape index (κ2) is 9.50. The normalized spacial score (nSPS) is 14.0. The van der Waals surface area contributed by atoms with Crippen LogP contribution >= 0.6 is 11.3 Å². The van der Waals surface area contributed by atoms with Crippen LogP contribution in [0.15, 0.2) is 40.7 Å². The molecule has 1 aromatic carbocycles. The van der Waals surface area contributed by atoms with Crippen molar-refractivity contribution in [1.82, 2.24) is 15.5 Å². The van der Waals surface area contributed by atoms with E-state index in [0.29, 0.717) is 37.6 Å². The Morgan fingerprint density at radius 3 is 2.96 bits per heavy atom. The number of nitrogens with one attached hydrogen (secondary N) is 2. The highest BCUT2D eigenvalue weighted by Gasteiger charge is 2.21. The Morgan fingerprint density at radius 1 is 1.30 bits per heavy atom. The van der Waals surface area contributed by atoms with Gasteiger partial charge in [0.25, 0.3) is 0 Å². The fourth-order valence-corrected chi connectivity index (χ4v) is 3.96. The van der Waals surface area contributed by atoms with Crippen LogP contribution in [0.4, 0.5) is 4.39 Å². The number of halogens is 1. The lowest BCUT2D eigenvalue weighted by Gasteiger charge is -2.26. The van der Waals surface area contributed by atoms with E-state index in [2.05, 4.69) is 27.1 Å². The summed E-state index contributed by atoms with van der Waals surface area (Å²) in [5.74, 6) is 0.405. The number of amides is 1. The van der Waals surface area contributed by atoms with Crippen LogP contribution in [0.1, 0.15) is 22.9 Å². The van der Waals surface area contributed by atoms with Crippen molar-refractivity contribution in [1.29, 1.82) is 0 Å². The number of fused-ring (bicyclic) bond motifs is 1. The van der Waals surface area contributed by atoms with E-state index in [-0.39, 0.29) is 18.3 Å². The summed E-state index contributed by atoms with van der Waals surface area (Å²) in [4.78, 5) is 20.1. The quantitative estimate of drug-likeness (QED) is 0.591. The number of rotatable bonds is 6. The van der Waals surface area contributed by atoms with Gasteiger partial charge < -0.3 is 15.5 Å². The Morgan fingerprint density at radius 2 is 2.15 bits per heavy atom. The van der Waals surface area contributed by atoms with Gasteiger partial charge in [-0.1, -0.05) is 18.2 Å². The third kappa shape index (κ3) is 5.29. The first-order valence-electron chi connectivity index (χ1n) is 9.26. The second-order valence-electron chi connectivity index (χ2n) is 6.40. The van der Waals surface area contributed by atoms with E-state index in [1.807, 2.05) is 17.9 Å². The van der Waals surface area contributed by atoms with Crippen LogP contribution in [-0.2, 0) is 24.2 Å². The molecule has 0 aliphatic carbocycles. The Kier molecular flexibility index (Phi) is 6.81. The number of aliphatic imine (C=N–C) groups is 1. The number of carbonyl (C=O) groups excluding carboxylic acids is 1. The standard InChI is InChI=1S/C20H25FN4OS/c1-2-22-20(23-10-7-15-5-3-4-6-17(15)21)24-13-19(26)25-11-8-18-16(14-25)9-12-27-18/h3-6,9,12H,2,7-8,10-11,13-14H2,1H3,(H2,22,23,24). The van der Waals surface area contributed by atoms with Gasteiger partial charge in [-0.25, -0.2) is 9.38 Å². The van der Waals surface area contributed by atoms with E-state index in [0.717, 1.165) is 13.0 Å². The molecule has 0 saturated heterocycles. The van der Waals surface area contributed by atoms with Gasteiger partial charge in [-0.3, -0.25) is 4.79 Å². The zero-order valence-electron chi connectivity index (χ0n) is 15.5. The lowest BCUT2D eigenvalue weighted by Crippen LogP contribution is -2.41. The molecule has 2 aromatic rings. The minimum atomic E-state index is -0.200. The number of hydrogen-bond acceptors (Lipinski definition) is 3. The van der Waals surface area contributed by atoms with Gasteiger partial charge in [0, 0.05) is 31.1 Å². The molecule has 0 bridgehead atoms. The maximum atomic E-state index is 13.7. The molecular weight excluding hydrogens is 363 g/mol. The van der Waals surface area contributed by atoms with Gasteiger partial charge in [0.05, 0.1) is 0 Å². The average Bonchev–Trinajstić information content (AvgIpc) is 3.15. The second-order valence-corrected chi connectivity index (χ2v) is 7.40. The third-order valence-corrected chi connectivity index (χ3v) is 5.54. The van der Waals surface area contributed by atoms with E-state index in [4.69, 9.17) is 0 Å². The van der Waals surface area contributed by atoms with Crippen LogP contribution in [0.5, 0.6) is 0 Å². The Bertz CT molecular complexity index is 805. The number of guanidine groups is 1. The fraction of sp³-hybridized carbons (Fsp3) is 0.400. The number of carbonyl (C=O) groups is 1. The molecule has 0 atom stereocenters. The average molecular weight is 389 g/mol. The van der Waals surface area contributed by atoms with E-state index in [9.17, 15) is 9.18 Å². The Labute approximate surface area is 163 Å². The number of thiophene rings is 1. The van der Waals surface area contributed by atoms with Crippen molar-refractivity contribution in [2.75, 3.05) is 26.2 Å². The minimum absolute atomic E-state index is 0.0261. The summed E-state index contributed by atoms with van der Waals surface area (Å²) in [6.45, 7) is 4.74. The monoisotopic (exact) mass is 388 g/mol. The van der Waals surface area contributed by atoms with Gasteiger partial charge in [0.15, 0.2) is 5.96 Å². The van der Waals surface area contributed by atoms with Crippen molar-refractivity contribution in [3.63, 3.8) is 0 Å². The summed E-state index contributed by atoms with van der Waals surface area (Å²) in [6.07, 6.45) is 1.47. The third-order valence-electron chi connectivity index (χ3n) is 4.52. The minimum Gasteiger partial charge on any atom is -0.357 e. The lowest BCUT2D eigenvalue weighted by molar-refractivity contribution is -0.130. The molecule has 144 valence electrons. The first-order valence-corrected chi connectivity index (χ1v) is 10.1. The van der Waals surface area contributed by atoms with Crippen LogP contribution in [-0.4, -0.2) is 42.9 Å². The van der Waals surface area contributed by atoms with E-state index < -0.39 is 0 Å². The van der Waals surface area contributed by atoms with Gasteiger partial charge in [0.2, 0.25) is 5.91 Å². The molecule has 0 spiro atoms. The first-order chi connectivity index (χ1) is 13.2. The highest BCUT2D eigenvalue weighted by molar-refractivity contribution is 7.10. The molecule has 1 aliphatic heterocycles. The number of hydrogen-bond donors (Lipinski definition) is 2. The molecule has 1 aliphatic rings. The summed E-state index contributed by atoms with van der Waals surface area (Å²) in [6, 6.07) is 8.85. The van der Waals surface area contributed by atoms with Crippen molar-refractivity contribution < 1.29 is 9.18 Å². The van der Waals surface area contributed by atoms with E-state index in [1.165, 1.54) is 16.5 Å². The lowest BCUT2D eigenvalue weighted by atomic mass is 10.1. The van der Waals surface area contributed by atoms with Crippen LogP contribution in [0, 0.1) is 5.82 Å². The molecule has 5 nitrogen and oxygen atoms in total. The Hall–Kier alpha value is -2.41. The molecule has 1 aromatic heterocycles. The topological polar surface area (TPSA) is 56.7 Å². The largest absolute Gasteiger partial charge is 0.357 e. The fourth-order valence-electron chi connectivity index (χ4n) is 3.07. The molecule has 2 heterocycles. The maximum Gasteiger partial charge on any atom is 0.244 e. The molecule has 3 rings (SSSR count). The summed E-state index contributed by atoms with van der Waals surface area (Å²) < 4.78 is 13.7. The molecule has 27 heavy (non-hydrogen) atoms. The summed E-state index contributed by atoms with van der Waals surface area (Å²) in [5.41, 5.74) is 1.91. The number of nitrogens with zero attached hydrogens (tertiary/aromatic N) is 2. The molecule has 7 heteroatoms. The highest BCUT2D eigenvalue weighted by Crippen LogP contribution is 2.23. The van der Waals surface area contributed by atoms with Gasteiger partial charge in [0.1, 0.15) is 12.4 Å². The first kappa shape index (κ1) is 19.4. The molecular formula is C20H25FN4OS. The van der Waals surface area contributed by atoms with Crippen LogP contribution in [0.2, 0.25) is 0 Å². The molecule has 0 unspecified atom stereocenters. The zero-order valence-corrected chi connectivity index (χ0v) is 16.3.